The Labute approximate surface area is 178 Å². The second-order valence-electron chi connectivity index (χ2n) is 8.53. The van der Waals surface area contributed by atoms with Crippen LogP contribution < -0.4 is 5.32 Å². The molecule has 2 aromatic rings. The Morgan fingerprint density at radius 3 is 2.73 bits per heavy atom. The number of rotatable bonds is 7. The van der Waals surface area contributed by atoms with E-state index in [2.05, 4.69) is 35.1 Å². The van der Waals surface area contributed by atoms with Crippen LogP contribution in [0.3, 0.4) is 0 Å². The maximum absolute atomic E-state index is 13.3. The average molecular weight is 404 g/mol. The third kappa shape index (κ3) is 4.45. The average Bonchev–Trinajstić information content (AvgIpc) is 3.63. The Morgan fingerprint density at radius 1 is 1.20 bits per heavy atom. The lowest BCUT2D eigenvalue weighted by Gasteiger charge is -2.42. The molecule has 5 nitrogen and oxygen atoms in total. The molecular formula is C25H29N3O2. The van der Waals surface area contributed by atoms with Gasteiger partial charge in [0, 0.05) is 37.9 Å². The summed E-state index contributed by atoms with van der Waals surface area (Å²) in [7, 11) is 0. The van der Waals surface area contributed by atoms with Crippen molar-refractivity contribution < 1.29 is 9.59 Å². The number of nitrogens with zero attached hydrogens (tertiary/aromatic N) is 2. The van der Waals surface area contributed by atoms with E-state index >= 15 is 0 Å². The van der Waals surface area contributed by atoms with E-state index in [0.29, 0.717) is 19.5 Å². The van der Waals surface area contributed by atoms with Crippen LogP contribution in [-0.4, -0.2) is 41.3 Å². The molecule has 1 unspecified atom stereocenters. The van der Waals surface area contributed by atoms with E-state index in [1.807, 2.05) is 23.1 Å². The summed E-state index contributed by atoms with van der Waals surface area (Å²) in [6, 6.07) is 12.3. The molecule has 1 saturated carbocycles. The molecule has 1 N–H and O–H groups in total. The van der Waals surface area contributed by atoms with E-state index in [1.54, 1.807) is 18.5 Å². The molecule has 4 rings (SSSR count). The molecule has 1 aliphatic carbocycles. The summed E-state index contributed by atoms with van der Waals surface area (Å²) in [5, 5.41) is 3.01. The number of benzene rings is 1. The molecule has 2 aliphatic rings. The van der Waals surface area contributed by atoms with Gasteiger partial charge in [0.1, 0.15) is 0 Å². The van der Waals surface area contributed by atoms with Gasteiger partial charge in [-0.2, -0.15) is 0 Å². The highest BCUT2D eigenvalue weighted by Crippen LogP contribution is 2.38. The fourth-order valence-corrected chi connectivity index (χ4v) is 4.47. The number of amides is 2. The molecule has 0 radical (unpaired) electrons. The fourth-order valence-electron chi connectivity index (χ4n) is 4.47. The summed E-state index contributed by atoms with van der Waals surface area (Å²) in [4.78, 5) is 32.1. The zero-order valence-corrected chi connectivity index (χ0v) is 17.3. The molecule has 1 saturated heterocycles. The summed E-state index contributed by atoms with van der Waals surface area (Å²) < 4.78 is 0. The normalized spacial score (nSPS) is 21.1. The molecule has 2 amide bonds. The van der Waals surface area contributed by atoms with Gasteiger partial charge < -0.3 is 10.2 Å². The molecule has 0 spiro atoms. The van der Waals surface area contributed by atoms with Crippen molar-refractivity contribution in [2.75, 3.05) is 19.6 Å². The van der Waals surface area contributed by atoms with Crippen LogP contribution in [0.25, 0.3) is 11.1 Å². The smallest absolute Gasteiger partial charge is 0.228 e. The SMILES string of the molecule is C=CCNC(=O)C1(Cc2cccc(-c3ccncc3)c2)CCCN(C(=O)C2CC2)C1. The first-order chi connectivity index (χ1) is 14.6. The van der Waals surface area contributed by atoms with E-state index in [1.165, 1.54) is 0 Å². The molecule has 30 heavy (non-hydrogen) atoms. The van der Waals surface area contributed by atoms with Crippen LogP contribution in [0, 0.1) is 11.3 Å². The van der Waals surface area contributed by atoms with Crippen molar-refractivity contribution in [3.63, 3.8) is 0 Å². The van der Waals surface area contributed by atoms with Crippen LogP contribution in [0.4, 0.5) is 0 Å². The zero-order valence-electron chi connectivity index (χ0n) is 17.3. The number of nitrogens with one attached hydrogen (secondary N) is 1. The molecule has 2 heterocycles. The Balaban J connectivity index is 1.61. The number of likely N-dealkylation sites (tertiary alicyclic amines) is 1. The molecule has 1 aliphatic heterocycles. The lowest BCUT2D eigenvalue weighted by Crippen LogP contribution is -2.54. The predicted molar refractivity (Wildman–Crippen MR) is 118 cm³/mol. The first-order valence-electron chi connectivity index (χ1n) is 10.8. The lowest BCUT2D eigenvalue weighted by atomic mass is 9.74. The minimum atomic E-state index is -0.608. The van der Waals surface area contributed by atoms with Crippen molar-refractivity contribution in [1.82, 2.24) is 15.2 Å². The molecule has 1 atom stereocenters. The molecule has 0 bridgehead atoms. The summed E-state index contributed by atoms with van der Waals surface area (Å²) in [6.07, 6.45) is 9.49. The second kappa shape index (κ2) is 8.82. The number of aromatic nitrogens is 1. The van der Waals surface area contributed by atoms with Gasteiger partial charge in [-0.1, -0.05) is 30.3 Å². The van der Waals surface area contributed by atoms with Gasteiger partial charge >= 0.3 is 0 Å². The Hall–Kier alpha value is -2.95. The maximum atomic E-state index is 13.3. The minimum absolute atomic E-state index is 0.0185. The minimum Gasteiger partial charge on any atom is -0.352 e. The van der Waals surface area contributed by atoms with E-state index < -0.39 is 5.41 Å². The fraction of sp³-hybridized carbons (Fsp3) is 0.400. The largest absolute Gasteiger partial charge is 0.352 e. The van der Waals surface area contributed by atoms with Gasteiger partial charge in [0.25, 0.3) is 0 Å². The van der Waals surface area contributed by atoms with Crippen LogP contribution in [-0.2, 0) is 16.0 Å². The first kappa shape index (κ1) is 20.3. The molecule has 2 fully saturated rings. The van der Waals surface area contributed by atoms with Crippen molar-refractivity contribution in [1.29, 1.82) is 0 Å². The summed E-state index contributed by atoms with van der Waals surface area (Å²) >= 11 is 0. The number of piperidine rings is 1. The van der Waals surface area contributed by atoms with Crippen LogP contribution in [0.2, 0.25) is 0 Å². The number of carbonyl (C=O) groups is 2. The maximum Gasteiger partial charge on any atom is 0.228 e. The predicted octanol–water partition coefficient (Wildman–Crippen LogP) is 3.61. The van der Waals surface area contributed by atoms with E-state index in [-0.39, 0.29) is 17.7 Å². The van der Waals surface area contributed by atoms with Crippen molar-refractivity contribution in [2.24, 2.45) is 11.3 Å². The van der Waals surface area contributed by atoms with Crippen molar-refractivity contribution in [2.45, 2.75) is 32.1 Å². The second-order valence-corrected chi connectivity index (χ2v) is 8.53. The first-order valence-corrected chi connectivity index (χ1v) is 10.8. The highest BCUT2D eigenvalue weighted by Gasteiger charge is 2.45. The van der Waals surface area contributed by atoms with Gasteiger partial charge in [-0.25, -0.2) is 0 Å². The van der Waals surface area contributed by atoms with Gasteiger partial charge in [0.05, 0.1) is 5.41 Å². The molecular weight excluding hydrogens is 374 g/mol. The van der Waals surface area contributed by atoms with Gasteiger partial charge in [0.2, 0.25) is 11.8 Å². The van der Waals surface area contributed by atoms with E-state index in [4.69, 9.17) is 0 Å². The van der Waals surface area contributed by atoms with Gasteiger partial charge in [-0.05, 0) is 60.9 Å². The molecule has 1 aromatic carbocycles. The van der Waals surface area contributed by atoms with Gasteiger partial charge in [-0.3, -0.25) is 14.6 Å². The van der Waals surface area contributed by atoms with Crippen LogP contribution >= 0.6 is 0 Å². The third-order valence-corrected chi connectivity index (χ3v) is 6.19. The summed E-state index contributed by atoms with van der Waals surface area (Å²) in [5.41, 5.74) is 2.71. The monoisotopic (exact) mass is 403 g/mol. The molecule has 156 valence electrons. The van der Waals surface area contributed by atoms with Crippen LogP contribution in [0.1, 0.15) is 31.2 Å². The van der Waals surface area contributed by atoms with Gasteiger partial charge in [-0.15, -0.1) is 6.58 Å². The van der Waals surface area contributed by atoms with E-state index in [9.17, 15) is 9.59 Å². The summed E-state index contributed by atoms with van der Waals surface area (Å²) in [5.74, 6) is 0.415. The topological polar surface area (TPSA) is 62.3 Å². The highest BCUT2D eigenvalue weighted by atomic mass is 16.2. The Bertz CT molecular complexity index is 923. The standard InChI is InChI=1S/C25H29N3O2/c1-2-12-27-24(30)25(11-4-15-28(18-25)23(29)21-7-8-21)17-19-5-3-6-22(16-19)20-9-13-26-14-10-20/h2-3,5-6,9-10,13-14,16,21H,1,4,7-8,11-12,15,17-18H2,(H,27,30). The number of hydrogen-bond donors (Lipinski definition) is 1. The number of carbonyl (C=O) groups excluding carboxylic acids is 2. The Morgan fingerprint density at radius 2 is 2.00 bits per heavy atom. The lowest BCUT2D eigenvalue weighted by molar-refractivity contribution is -0.142. The number of pyridine rings is 1. The van der Waals surface area contributed by atoms with E-state index in [0.717, 1.165) is 48.9 Å². The van der Waals surface area contributed by atoms with Crippen molar-refractivity contribution >= 4 is 11.8 Å². The quantitative estimate of drug-likeness (QED) is 0.719. The summed E-state index contributed by atoms with van der Waals surface area (Å²) in [6.45, 7) is 5.40. The molecule has 1 aromatic heterocycles. The molecule has 5 heteroatoms. The van der Waals surface area contributed by atoms with Crippen molar-refractivity contribution in [3.05, 3.63) is 67.0 Å². The zero-order chi connectivity index (χ0) is 21.0. The Kier molecular flexibility index (Phi) is 5.98. The van der Waals surface area contributed by atoms with Crippen LogP contribution in [0.5, 0.6) is 0 Å². The van der Waals surface area contributed by atoms with Crippen molar-refractivity contribution in [3.8, 4) is 11.1 Å². The van der Waals surface area contributed by atoms with Crippen LogP contribution in [0.15, 0.2) is 61.4 Å². The third-order valence-electron chi connectivity index (χ3n) is 6.19. The number of hydrogen-bond acceptors (Lipinski definition) is 3. The van der Waals surface area contributed by atoms with Gasteiger partial charge in [0.15, 0.2) is 0 Å². The highest BCUT2D eigenvalue weighted by molar-refractivity contribution is 5.86.